The van der Waals surface area contributed by atoms with Gasteiger partial charge in [-0.15, -0.1) is 0 Å². The van der Waals surface area contributed by atoms with E-state index in [4.69, 9.17) is 20.9 Å². The molecule has 2 aromatic carbocycles. The summed E-state index contributed by atoms with van der Waals surface area (Å²) in [6.07, 6.45) is 3.06. The van der Waals surface area contributed by atoms with E-state index in [0.29, 0.717) is 10.8 Å². The first-order valence-electron chi connectivity index (χ1n) is 7.60. The number of carbonyl (C=O) groups is 1. The molecule has 0 atom stereocenters. The molecule has 25 heavy (non-hydrogen) atoms. The van der Waals surface area contributed by atoms with E-state index in [-0.39, 0.29) is 12.5 Å². The number of ether oxygens (including phenoxy) is 1. The number of nitrogens with zero attached hydrogens (tertiary/aromatic N) is 2. The van der Waals surface area contributed by atoms with Crippen LogP contribution in [0.3, 0.4) is 0 Å². The van der Waals surface area contributed by atoms with Gasteiger partial charge >= 0.3 is 5.97 Å². The lowest BCUT2D eigenvalue weighted by atomic mass is 10.1. The van der Waals surface area contributed by atoms with Gasteiger partial charge in [0.1, 0.15) is 0 Å². The zero-order chi connectivity index (χ0) is 17.6. The minimum Gasteiger partial charge on any atom is -0.452 e. The van der Waals surface area contributed by atoms with Crippen LogP contribution < -0.4 is 0 Å². The molecule has 0 fully saturated rings. The highest BCUT2D eigenvalue weighted by atomic mass is 35.5. The Bertz CT molecular complexity index is 918. The Morgan fingerprint density at radius 1 is 1.24 bits per heavy atom. The van der Waals surface area contributed by atoms with Gasteiger partial charge in [-0.3, -0.25) is 0 Å². The first-order valence-corrected chi connectivity index (χ1v) is 7.98. The summed E-state index contributed by atoms with van der Waals surface area (Å²) in [5.41, 5.74) is 2.78. The third kappa shape index (κ3) is 4.78. The van der Waals surface area contributed by atoms with Gasteiger partial charge in [0.05, 0.1) is 0 Å². The lowest BCUT2D eigenvalue weighted by Gasteiger charge is -1.98. The van der Waals surface area contributed by atoms with Crippen LogP contribution in [-0.2, 0) is 16.1 Å². The van der Waals surface area contributed by atoms with Crippen LogP contribution in [0.1, 0.15) is 17.0 Å². The van der Waals surface area contributed by atoms with Crippen LogP contribution >= 0.6 is 11.6 Å². The molecule has 0 aliphatic rings. The summed E-state index contributed by atoms with van der Waals surface area (Å²) in [5.74, 6) is 0.125. The van der Waals surface area contributed by atoms with Gasteiger partial charge in [0.2, 0.25) is 5.82 Å². The van der Waals surface area contributed by atoms with Gasteiger partial charge in [0, 0.05) is 16.7 Å². The van der Waals surface area contributed by atoms with Crippen molar-refractivity contribution in [1.82, 2.24) is 10.1 Å². The van der Waals surface area contributed by atoms with Gasteiger partial charge in [-0.2, -0.15) is 4.98 Å². The normalized spacial score (nSPS) is 11.0. The van der Waals surface area contributed by atoms with E-state index in [1.54, 1.807) is 24.3 Å². The van der Waals surface area contributed by atoms with Gasteiger partial charge < -0.3 is 9.26 Å². The highest BCUT2D eigenvalue weighted by Gasteiger charge is 2.10. The van der Waals surface area contributed by atoms with Gasteiger partial charge in [-0.25, -0.2) is 4.79 Å². The molecule has 0 N–H and O–H groups in total. The largest absolute Gasteiger partial charge is 0.452 e. The number of aromatic nitrogens is 2. The van der Waals surface area contributed by atoms with Crippen LogP contribution in [0.25, 0.3) is 17.5 Å². The number of esters is 1. The van der Waals surface area contributed by atoms with Crippen LogP contribution in [0.5, 0.6) is 0 Å². The molecular weight excluding hydrogens is 340 g/mol. The predicted octanol–water partition coefficient (Wildman–Crippen LogP) is 4.46. The van der Waals surface area contributed by atoms with E-state index < -0.39 is 5.97 Å². The van der Waals surface area contributed by atoms with Crippen LogP contribution in [0, 0.1) is 6.92 Å². The molecule has 5 nitrogen and oxygen atoms in total. The highest BCUT2D eigenvalue weighted by Crippen LogP contribution is 2.20. The van der Waals surface area contributed by atoms with Gasteiger partial charge in [-0.1, -0.05) is 58.7 Å². The van der Waals surface area contributed by atoms with Crippen LogP contribution in [0.2, 0.25) is 5.02 Å². The number of aryl methyl sites for hydroxylation is 1. The number of halogens is 1. The van der Waals surface area contributed by atoms with Gasteiger partial charge in [-0.05, 0) is 30.7 Å². The van der Waals surface area contributed by atoms with Crippen molar-refractivity contribution < 1.29 is 14.1 Å². The predicted molar refractivity (Wildman–Crippen MR) is 94.8 cm³/mol. The lowest BCUT2D eigenvalue weighted by Crippen LogP contribution is -2.01. The molecule has 0 saturated carbocycles. The fourth-order valence-corrected chi connectivity index (χ4v) is 2.37. The average Bonchev–Trinajstić information content (AvgIpc) is 3.07. The smallest absolute Gasteiger partial charge is 0.331 e. The zero-order valence-electron chi connectivity index (χ0n) is 13.5. The Morgan fingerprint density at radius 3 is 2.88 bits per heavy atom. The second-order valence-corrected chi connectivity index (χ2v) is 5.81. The molecule has 0 amide bonds. The standard InChI is InChI=1S/C19H15ClN2O3/c1-13-4-2-5-14(10-13)8-9-18(23)24-12-17-21-19(22-25-17)15-6-3-7-16(20)11-15/h2-11H,12H2,1H3/b9-8+. The molecule has 3 rings (SSSR count). The molecule has 0 aliphatic heterocycles. The molecule has 0 saturated heterocycles. The van der Waals surface area contributed by atoms with E-state index in [0.717, 1.165) is 16.7 Å². The Kier molecular flexibility index (Phi) is 5.26. The number of hydrogen-bond acceptors (Lipinski definition) is 5. The van der Waals surface area contributed by atoms with Crippen LogP contribution in [-0.4, -0.2) is 16.1 Å². The van der Waals surface area contributed by atoms with Crippen molar-refractivity contribution in [3.63, 3.8) is 0 Å². The molecule has 0 spiro atoms. The van der Waals surface area contributed by atoms with Crippen molar-refractivity contribution in [1.29, 1.82) is 0 Å². The lowest BCUT2D eigenvalue weighted by molar-refractivity contribution is -0.139. The van der Waals surface area contributed by atoms with E-state index >= 15 is 0 Å². The SMILES string of the molecule is Cc1cccc(/C=C/C(=O)OCc2nc(-c3cccc(Cl)c3)no2)c1. The Balaban J connectivity index is 1.58. The first-order chi connectivity index (χ1) is 12.1. The van der Waals surface area contributed by atoms with Crippen molar-refractivity contribution in [2.24, 2.45) is 0 Å². The third-order valence-electron chi connectivity index (χ3n) is 3.34. The minimum absolute atomic E-state index is 0.0927. The molecule has 0 unspecified atom stereocenters. The van der Waals surface area contributed by atoms with Gasteiger partial charge in [0.15, 0.2) is 6.61 Å². The second-order valence-electron chi connectivity index (χ2n) is 5.38. The maximum Gasteiger partial charge on any atom is 0.331 e. The topological polar surface area (TPSA) is 65.2 Å². The second kappa shape index (κ2) is 7.77. The summed E-state index contributed by atoms with van der Waals surface area (Å²) in [6.45, 7) is 1.90. The quantitative estimate of drug-likeness (QED) is 0.500. The number of benzene rings is 2. The summed E-state index contributed by atoms with van der Waals surface area (Å²) in [6, 6.07) is 14.9. The summed E-state index contributed by atoms with van der Waals surface area (Å²) >= 11 is 5.94. The number of hydrogen-bond donors (Lipinski definition) is 0. The maximum absolute atomic E-state index is 11.8. The summed E-state index contributed by atoms with van der Waals surface area (Å²) < 4.78 is 10.2. The zero-order valence-corrected chi connectivity index (χ0v) is 14.2. The van der Waals surface area contributed by atoms with Crippen LogP contribution in [0.4, 0.5) is 0 Å². The number of carbonyl (C=O) groups excluding carboxylic acids is 1. The van der Waals surface area contributed by atoms with Crippen molar-refractivity contribution in [3.8, 4) is 11.4 Å². The Morgan fingerprint density at radius 2 is 2.08 bits per heavy atom. The molecule has 126 valence electrons. The average molecular weight is 355 g/mol. The van der Waals surface area contributed by atoms with E-state index in [1.165, 1.54) is 6.08 Å². The molecular formula is C19H15ClN2O3. The molecule has 1 heterocycles. The van der Waals surface area contributed by atoms with Crippen molar-refractivity contribution in [2.45, 2.75) is 13.5 Å². The summed E-state index contributed by atoms with van der Waals surface area (Å²) in [5, 5.41) is 4.43. The third-order valence-corrected chi connectivity index (χ3v) is 3.58. The summed E-state index contributed by atoms with van der Waals surface area (Å²) in [7, 11) is 0. The summed E-state index contributed by atoms with van der Waals surface area (Å²) in [4.78, 5) is 16.0. The molecule has 6 heteroatoms. The molecule has 1 aromatic heterocycles. The molecule has 0 radical (unpaired) electrons. The highest BCUT2D eigenvalue weighted by molar-refractivity contribution is 6.30. The van der Waals surface area contributed by atoms with Crippen molar-refractivity contribution in [3.05, 3.63) is 76.6 Å². The fraction of sp³-hybridized carbons (Fsp3) is 0.105. The van der Waals surface area contributed by atoms with Crippen LogP contribution in [0.15, 0.2) is 59.1 Å². The minimum atomic E-state index is -0.482. The van der Waals surface area contributed by atoms with E-state index in [2.05, 4.69) is 10.1 Å². The Hall–Kier alpha value is -2.92. The molecule has 0 aliphatic carbocycles. The number of rotatable bonds is 5. The Labute approximate surface area is 149 Å². The monoisotopic (exact) mass is 354 g/mol. The maximum atomic E-state index is 11.8. The van der Waals surface area contributed by atoms with E-state index in [1.807, 2.05) is 37.3 Å². The first kappa shape index (κ1) is 16.9. The van der Waals surface area contributed by atoms with Crippen molar-refractivity contribution >= 4 is 23.6 Å². The van der Waals surface area contributed by atoms with Crippen molar-refractivity contribution in [2.75, 3.05) is 0 Å². The molecule has 3 aromatic rings. The van der Waals surface area contributed by atoms with Gasteiger partial charge in [0.25, 0.3) is 5.89 Å². The van der Waals surface area contributed by atoms with E-state index in [9.17, 15) is 4.79 Å². The fourth-order valence-electron chi connectivity index (χ4n) is 2.18. The molecule has 0 bridgehead atoms.